The second-order valence-corrected chi connectivity index (χ2v) is 4.20. The Kier molecular flexibility index (Phi) is 3.77. The number of hydrogen-bond donors (Lipinski definition) is 2. The molecule has 1 fully saturated rings. The highest BCUT2D eigenvalue weighted by Crippen LogP contribution is 2.23. The highest BCUT2D eigenvalue weighted by atomic mass is 15.4. The van der Waals surface area contributed by atoms with Crippen LogP contribution in [0.4, 0.5) is 5.95 Å². The van der Waals surface area contributed by atoms with E-state index in [-0.39, 0.29) is 0 Å². The molecule has 0 aromatic carbocycles. The fraction of sp³-hybridized carbons (Fsp3) is 0.818. The fourth-order valence-electron chi connectivity index (χ4n) is 2.29. The molecule has 1 aromatic heterocycles. The lowest BCUT2D eigenvalue weighted by atomic mass is 9.99. The van der Waals surface area contributed by atoms with Crippen LogP contribution in [0.5, 0.6) is 0 Å². The first-order chi connectivity index (χ1) is 7.86. The Morgan fingerprint density at radius 2 is 2.31 bits per heavy atom. The summed E-state index contributed by atoms with van der Waals surface area (Å²) in [6, 6.07) is 0. The molecule has 1 aliphatic heterocycles. The van der Waals surface area contributed by atoms with Crippen LogP contribution in [0.15, 0.2) is 0 Å². The Hall–Kier alpha value is -1.10. The van der Waals surface area contributed by atoms with Crippen LogP contribution in [0.1, 0.15) is 38.4 Å². The number of nitrogens with one attached hydrogen (secondary N) is 2. The molecule has 0 saturated carbocycles. The molecule has 5 nitrogen and oxygen atoms in total. The summed E-state index contributed by atoms with van der Waals surface area (Å²) < 4.78 is 2.20. The molecule has 1 aliphatic rings. The average Bonchev–Trinajstić information content (AvgIpc) is 2.73. The summed E-state index contributed by atoms with van der Waals surface area (Å²) in [5.41, 5.74) is 0. The van der Waals surface area contributed by atoms with Crippen LogP contribution in [-0.2, 0) is 6.54 Å². The van der Waals surface area contributed by atoms with Crippen LogP contribution < -0.4 is 10.6 Å². The minimum absolute atomic E-state index is 0.522. The summed E-state index contributed by atoms with van der Waals surface area (Å²) in [6.45, 7) is 8.21. The molecule has 0 amide bonds. The Labute approximate surface area is 96.6 Å². The minimum Gasteiger partial charge on any atom is -0.355 e. The number of rotatable bonds is 4. The van der Waals surface area contributed by atoms with Gasteiger partial charge in [-0.2, -0.15) is 0 Å². The summed E-state index contributed by atoms with van der Waals surface area (Å²) >= 11 is 0. The maximum atomic E-state index is 4.34. The summed E-state index contributed by atoms with van der Waals surface area (Å²) in [4.78, 5) is 0. The first kappa shape index (κ1) is 11.4. The van der Waals surface area contributed by atoms with Gasteiger partial charge in [0.05, 0.1) is 0 Å². The molecule has 1 unspecified atom stereocenters. The van der Waals surface area contributed by atoms with E-state index < -0.39 is 0 Å². The maximum Gasteiger partial charge on any atom is 0.224 e. The molecule has 1 atom stereocenters. The van der Waals surface area contributed by atoms with Crippen LogP contribution in [0.25, 0.3) is 0 Å². The van der Waals surface area contributed by atoms with E-state index in [2.05, 4.69) is 39.2 Å². The van der Waals surface area contributed by atoms with Crippen molar-refractivity contribution < 1.29 is 0 Å². The molecule has 2 N–H and O–H groups in total. The van der Waals surface area contributed by atoms with Crippen molar-refractivity contribution in [3.8, 4) is 0 Å². The Morgan fingerprint density at radius 3 is 2.94 bits per heavy atom. The Balaban J connectivity index is 2.18. The topological polar surface area (TPSA) is 54.8 Å². The van der Waals surface area contributed by atoms with Gasteiger partial charge in [-0.15, -0.1) is 10.2 Å². The van der Waals surface area contributed by atoms with Gasteiger partial charge in [0, 0.05) is 25.6 Å². The van der Waals surface area contributed by atoms with E-state index >= 15 is 0 Å². The Morgan fingerprint density at radius 1 is 1.44 bits per heavy atom. The van der Waals surface area contributed by atoms with Gasteiger partial charge in [0.25, 0.3) is 0 Å². The SMILES string of the molecule is CCNc1nnc(C2CCCNC2)n1CC. The fourth-order valence-corrected chi connectivity index (χ4v) is 2.29. The van der Waals surface area contributed by atoms with E-state index in [4.69, 9.17) is 0 Å². The first-order valence-corrected chi connectivity index (χ1v) is 6.24. The van der Waals surface area contributed by atoms with Crippen LogP contribution in [-0.4, -0.2) is 34.4 Å². The third-order valence-electron chi connectivity index (χ3n) is 3.09. The lowest BCUT2D eigenvalue weighted by molar-refractivity contribution is 0.434. The highest BCUT2D eigenvalue weighted by molar-refractivity contribution is 5.26. The van der Waals surface area contributed by atoms with Gasteiger partial charge in [-0.05, 0) is 33.2 Å². The lowest BCUT2D eigenvalue weighted by Crippen LogP contribution is -2.30. The molecule has 1 saturated heterocycles. The van der Waals surface area contributed by atoms with Crippen molar-refractivity contribution >= 4 is 5.95 Å². The summed E-state index contributed by atoms with van der Waals surface area (Å²) in [6.07, 6.45) is 2.45. The molecule has 90 valence electrons. The molecule has 0 bridgehead atoms. The predicted octanol–water partition coefficient (Wildman–Crippen LogP) is 1.20. The normalized spacial score (nSPS) is 21.0. The smallest absolute Gasteiger partial charge is 0.224 e. The molecule has 2 heterocycles. The third-order valence-corrected chi connectivity index (χ3v) is 3.09. The van der Waals surface area contributed by atoms with Crippen molar-refractivity contribution in [1.82, 2.24) is 20.1 Å². The molecule has 0 aliphatic carbocycles. The molecule has 0 radical (unpaired) electrons. The molecule has 2 rings (SSSR count). The predicted molar refractivity (Wildman–Crippen MR) is 64.7 cm³/mol. The van der Waals surface area contributed by atoms with Gasteiger partial charge < -0.3 is 10.6 Å². The van der Waals surface area contributed by atoms with E-state index in [9.17, 15) is 0 Å². The summed E-state index contributed by atoms with van der Waals surface area (Å²) in [5.74, 6) is 2.56. The average molecular weight is 223 g/mol. The molecule has 0 spiro atoms. The standard InChI is InChI=1S/C11H21N5/c1-3-13-11-15-14-10(16(11)4-2)9-6-5-7-12-8-9/h9,12H,3-8H2,1-2H3,(H,13,15). The van der Waals surface area contributed by atoms with Gasteiger partial charge in [-0.3, -0.25) is 4.57 Å². The van der Waals surface area contributed by atoms with Gasteiger partial charge in [-0.1, -0.05) is 0 Å². The second-order valence-electron chi connectivity index (χ2n) is 4.20. The van der Waals surface area contributed by atoms with E-state index in [1.807, 2.05) is 0 Å². The van der Waals surface area contributed by atoms with Gasteiger partial charge in [0.2, 0.25) is 5.95 Å². The van der Waals surface area contributed by atoms with Crippen molar-refractivity contribution in [2.45, 2.75) is 39.2 Å². The zero-order chi connectivity index (χ0) is 11.4. The lowest BCUT2D eigenvalue weighted by Gasteiger charge is -2.22. The quantitative estimate of drug-likeness (QED) is 0.805. The van der Waals surface area contributed by atoms with Crippen LogP contribution in [0, 0.1) is 0 Å². The number of nitrogens with zero attached hydrogens (tertiary/aromatic N) is 3. The molecular formula is C11H21N5. The van der Waals surface area contributed by atoms with Gasteiger partial charge in [0.1, 0.15) is 5.82 Å². The number of aromatic nitrogens is 3. The van der Waals surface area contributed by atoms with Gasteiger partial charge in [0.15, 0.2) is 0 Å². The molecular weight excluding hydrogens is 202 g/mol. The highest BCUT2D eigenvalue weighted by Gasteiger charge is 2.22. The van der Waals surface area contributed by atoms with E-state index in [0.29, 0.717) is 5.92 Å². The van der Waals surface area contributed by atoms with Crippen molar-refractivity contribution in [3.63, 3.8) is 0 Å². The number of hydrogen-bond acceptors (Lipinski definition) is 4. The zero-order valence-corrected chi connectivity index (χ0v) is 10.2. The molecule has 5 heteroatoms. The minimum atomic E-state index is 0.522. The zero-order valence-electron chi connectivity index (χ0n) is 10.2. The van der Waals surface area contributed by atoms with Crippen molar-refractivity contribution in [2.24, 2.45) is 0 Å². The van der Waals surface area contributed by atoms with E-state index in [1.165, 1.54) is 12.8 Å². The van der Waals surface area contributed by atoms with Crippen molar-refractivity contribution in [3.05, 3.63) is 5.82 Å². The number of piperidine rings is 1. The Bertz CT molecular complexity index is 327. The van der Waals surface area contributed by atoms with Crippen LogP contribution in [0.3, 0.4) is 0 Å². The van der Waals surface area contributed by atoms with E-state index in [0.717, 1.165) is 38.0 Å². The third kappa shape index (κ3) is 2.19. The summed E-state index contributed by atoms with van der Waals surface area (Å²) in [7, 11) is 0. The van der Waals surface area contributed by atoms with E-state index in [1.54, 1.807) is 0 Å². The maximum absolute atomic E-state index is 4.34. The van der Waals surface area contributed by atoms with Gasteiger partial charge in [-0.25, -0.2) is 0 Å². The van der Waals surface area contributed by atoms with Gasteiger partial charge >= 0.3 is 0 Å². The summed E-state index contributed by atoms with van der Waals surface area (Å²) in [5, 5.41) is 15.2. The molecule has 16 heavy (non-hydrogen) atoms. The second kappa shape index (κ2) is 5.30. The van der Waals surface area contributed by atoms with Crippen molar-refractivity contribution in [1.29, 1.82) is 0 Å². The first-order valence-electron chi connectivity index (χ1n) is 6.24. The van der Waals surface area contributed by atoms with Crippen LogP contribution in [0.2, 0.25) is 0 Å². The monoisotopic (exact) mass is 223 g/mol. The van der Waals surface area contributed by atoms with Crippen molar-refractivity contribution in [2.75, 3.05) is 25.0 Å². The van der Waals surface area contributed by atoms with Crippen LogP contribution >= 0.6 is 0 Å². The number of anilines is 1. The largest absolute Gasteiger partial charge is 0.355 e. The molecule has 1 aromatic rings.